The number of hydrogen-bond donors (Lipinski definition) is 0. The second-order valence-corrected chi connectivity index (χ2v) is 28.9. The molecule has 0 fully saturated rings. The van der Waals surface area contributed by atoms with E-state index in [1.165, 1.54) is 103 Å². The molecule has 0 radical (unpaired) electrons. The molecular weight excluding hydrogens is 1220 g/mol. The molecule has 17 aromatic rings. The topological polar surface area (TPSA) is 6.48 Å². The molecule has 0 atom stereocenters. The van der Waals surface area contributed by atoms with Crippen molar-refractivity contribution in [2.24, 2.45) is 0 Å². The first-order valence-corrected chi connectivity index (χ1v) is 35.6. The van der Waals surface area contributed by atoms with Crippen molar-refractivity contribution in [3.05, 3.63) is 357 Å². The predicted molar refractivity (Wildman–Crippen MR) is 431 cm³/mol. The zero-order chi connectivity index (χ0) is 66.6. The largest absolute Gasteiger partial charge is 0.310 e. The number of anilines is 6. The molecule has 0 bridgehead atoms. The standard InChI is InChI=1S/C96H67BN2S/c1-96(2,3)72-60-87-93-88(61-72)99(95-75(64-32-14-6-15-33-64)45-27-46-76(95)65-34-16-7-17-35-65)86-59-71(68-48-52-80-82(57-68)92(67-38-20-9-21-39-67)79-42-23-22-41-78(79)91(80)66-36-18-8-19-37-66)49-53-83(86)97(93)84-58-70(69-51-55-90-81(56-69)77-40-24-25-47-89(77)100-90)50-54-85(84)98(87)94-73(62-28-10-4-11-29-62)43-26-44-74(94)63-30-12-5-13-31-63/h4-61H,1-3H3. The summed E-state index contributed by atoms with van der Waals surface area (Å²) in [4.78, 5) is 5.38. The Hall–Kier alpha value is -12.1. The highest BCUT2D eigenvalue weighted by molar-refractivity contribution is 7.25. The van der Waals surface area contributed by atoms with E-state index in [1.54, 1.807) is 0 Å². The highest BCUT2D eigenvalue weighted by atomic mass is 32.1. The van der Waals surface area contributed by atoms with Gasteiger partial charge in [-0.15, -0.1) is 11.3 Å². The van der Waals surface area contributed by atoms with Crippen LogP contribution in [0, 0.1) is 0 Å². The SMILES string of the molecule is CC(C)(C)c1cc2c3c(c1)N(c1c(-c4ccccc4)cccc1-c1ccccc1)c1cc(-c4ccc5c(-c6ccccc6)c6ccccc6c(-c6ccccc6)c5c4)ccc1B3c1cc(-c3ccc4sc5ccccc5c4c3)ccc1N2c1c(-c2ccccc2)cccc1-c1ccccc1. The van der Waals surface area contributed by atoms with Crippen LogP contribution in [0.2, 0.25) is 0 Å². The number of nitrogens with zero attached hydrogens (tertiary/aromatic N) is 2. The molecule has 100 heavy (non-hydrogen) atoms. The summed E-state index contributed by atoms with van der Waals surface area (Å²) in [6.07, 6.45) is 0. The molecule has 3 heterocycles. The first-order valence-electron chi connectivity index (χ1n) is 34.8. The van der Waals surface area contributed by atoms with Gasteiger partial charge in [-0.3, -0.25) is 0 Å². The van der Waals surface area contributed by atoms with Gasteiger partial charge in [0.05, 0.1) is 11.4 Å². The summed E-state index contributed by atoms with van der Waals surface area (Å²) in [6.45, 7) is 6.94. The van der Waals surface area contributed by atoms with E-state index in [9.17, 15) is 0 Å². The molecule has 0 saturated heterocycles. The van der Waals surface area contributed by atoms with E-state index in [1.807, 2.05) is 11.3 Å². The van der Waals surface area contributed by atoms with E-state index in [4.69, 9.17) is 0 Å². The average molecular weight is 1290 g/mol. The molecule has 470 valence electrons. The van der Waals surface area contributed by atoms with Crippen molar-refractivity contribution in [2.75, 3.05) is 9.80 Å². The average Bonchev–Trinajstić information content (AvgIpc) is 0.790. The van der Waals surface area contributed by atoms with Crippen molar-refractivity contribution < 1.29 is 0 Å². The maximum Gasteiger partial charge on any atom is 0.252 e. The molecule has 2 nitrogen and oxygen atoms in total. The monoisotopic (exact) mass is 1290 g/mol. The number of fused-ring (bicyclic) bond motifs is 9. The van der Waals surface area contributed by atoms with Gasteiger partial charge in [-0.05, 0) is 164 Å². The Balaban J connectivity index is 0.948. The molecule has 0 N–H and O–H groups in total. The summed E-state index contributed by atoms with van der Waals surface area (Å²) in [5.41, 5.74) is 30.4. The van der Waals surface area contributed by atoms with Gasteiger partial charge in [0.1, 0.15) is 0 Å². The normalized spacial score (nSPS) is 12.5. The van der Waals surface area contributed by atoms with Crippen molar-refractivity contribution >= 4 is 110 Å². The Morgan fingerprint density at radius 1 is 0.250 bits per heavy atom. The Morgan fingerprint density at radius 2 is 0.630 bits per heavy atom. The lowest BCUT2D eigenvalue weighted by atomic mass is 9.33. The summed E-state index contributed by atoms with van der Waals surface area (Å²) < 4.78 is 2.60. The second kappa shape index (κ2) is 23.9. The molecule has 0 aliphatic carbocycles. The molecule has 0 unspecified atom stereocenters. The molecule has 0 saturated carbocycles. The van der Waals surface area contributed by atoms with Crippen molar-refractivity contribution in [1.82, 2.24) is 0 Å². The van der Waals surface area contributed by atoms with Gasteiger partial charge >= 0.3 is 0 Å². The number of rotatable bonds is 10. The van der Waals surface area contributed by atoms with Gasteiger partial charge < -0.3 is 9.80 Å². The Kier molecular flexibility index (Phi) is 14.1. The lowest BCUT2D eigenvalue weighted by Crippen LogP contribution is -2.61. The summed E-state index contributed by atoms with van der Waals surface area (Å²) in [6, 6.07) is 132. The number of hydrogen-bond acceptors (Lipinski definition) is 3. The Morgan fingerprint density at radius 3 is 1.14 bits per heavy atom. The number of para-hydroxylation sites is 2. The Labute approximate surface area is 588 Å². The van der Waals surface area contributed by atoms with Gasteiger partial charge in [0.15, 0.2) is 0 Å². The number of thiophene rings is 1. The molecule has 19 rings (SSSR count). The molecule has 0 spiro atoms. The van der Waals surface area contributed by atoms with Crippen molar-refractivity contribution in [2.45, 2.75) is 26.2 Å². The van der Waals surface area contributed by atoms with Crippen LogP contribution in [0.25, 0.3) is 131 Å². The van der Waals surface area contributed by atoms with E-state index < -0.39 is 0 Å². The van der Waals surface area contributed by atoms with Crippen LogP contribution in [0.3, 0.4) is 0 Å². The molecule has 1 aromatic heterocycles. The second-order valence-electron chi connectivity index (χ2n) is 27.8. The maximum atomic E-state index is 2.70. The van der Waals surface area contributed by atoms with E-state index in [0.717, 1.165) is 84.1 Å². The minimum absolute atomic E-state index is 0.217. The van der Waals surface area contributed by atoms with Gasteiger partial charge in [-0.2, -0.15) is 0 Å². The third-order valence-electron chi connectivity index (χ3n) is 21.0. The molecule has 2 aliphatic rings. The van der Waals surface area contributed by atoms with Gasteiger partial charge in [0, 0.05) is 65.2 Å². The first-order chi connectivity index (χ1) is 49.3. The van der Waals surface area contributed by atoms with E-state index >= 15 is 0 Å². The van der Waals surface area contributed by atoms with Gasteiger partial charge in [0.25, 0.3) is 6.71 Å². The fourth-order valence-corrected chi connectivity index (χ4v) is 17.4. The summed E-state index contributed by atoms with van der Waals surface area (Å²) in [5, 5.41) is 7.50. The van der Waals surface area contributed by atoms with Crippen molar-refractivity contribution in [3.8, 4) is 89.0 Å². The molecule has 0 amide bonds. The van der Waals surface area contributed by atoms with Crippen LogP contribution >= 0.6 is 11.3 Å². The molecule has 4 heteroatoms. The van der Waals surface area contributed by atoms with Crippen LogP contribution < -0.4 is 26.2 Å². The summed E-state index contributed by atoms with van der Waals surface area (Å²) in [5.74, 6) is 0. The van der Waals surface area contributed by atoms with Gasteiger partial charge in [0.2, 0.25) is 0 Å². The van der Waals surface area contributed by atoms with E-state index in [2.05, 4.69) is 382 Å². The highest BCUT2D eigenvalue weighted by Crippen LogP contribution is 2.55. The van der Waals surface area contributed by atoms with Crippen LogP contribution in [0.5, 0.6) is 0 Å². The first kappa shape index (κ1) is 59.2. The smallest absolute Gasteiger partial charge is 0.252 e. The van der Waals surface area contributed by atoms with E-state index in [-0.39, 0.29) is 12.1 Å². The summed E-state index contributed by atoms with van der Waals surface area (Å²) >= 11 is 1.87. The minimum Gasteiger partial charge on any atom is -0.310 e. The van der Waals surface area contributed by atoms with Crippen LogP contribution in [-0.2, 0) is 5.41 Å². The number of benzene rings is 16. The zero-order valence-electron chi connectivity index (χ0n) is 55.9. The lowest BCUT2D eigenvalue weighted by molar-refractivity contribution is 0.590. The van der Waals surface area contributed by atoms with Crippen LogP contribution in [0.15, 0.2) is 352 Å². The molecular formula is C96H67BN2S. The maximum absolute atomic E-state index is 2.70. The molecule has 2 aliphatic heterocycles. The minimum atomic E-state index is -0.290. The predicted octanol–water partition coefficient (Wildman–Crippen LogP) is 25.1. The van der Waals surface area contributed by atoms with E-state index in [0.29, 0.717) is 0 Å². The fourth-order valence-electron chi connectivity index (χ4n) is 16.3. The highest BCUT2D eigenvalue weighted by Gasteiger charge is 2.46. The van der Waals surface area contributed by atoms with Crippen LogP contribution in [-0.4, -0.2) is 6.71 Å². The Bertz CT molecular complexity index is 5940. The zero-order valence-corrected chi connectivity index (χ0v) is 56.7. The van der Waals surface area contributed by atoms with Crippen LogP contribution in [0.1, 0.15) is 26.3 Å². The van der Waals surface area contributed by atoms with Crippen molar-refractivity contribution in [1.29, 1.82) is 0 Å². The fraction of sp³-hybridized carbons (Fsp3) is 0.0417. The quantitative estimate of drug-likeness (QED) is 0.0995. The third-order valence-corrected chi connectivity index (χ3v) is 22.1. The van der Waals surface area contributed by atoms with Gasteiger partial charge in [-0.25, -0.2) is 0 Å². The van der Waals surface area contributed by atoms with Crippen molar-refractivity contribution in [3.63, 3.8) is 0 Å². The summed E-state index contributed by atoms with van der Waals surface area (Å²) in [7, 11) is 0. The van der Waals surface area contributed by atoms with Gasteiger partial charge in [-0.1, -0.05) is 324 Å². The lowest BCUT2D eigenvalue weighted by Gasteiger charge is -2.46. The third kappa shape index (κ3) is 9.76. The molecule has 16 aromatic carbocycles. The van der Waals surface area contributed by atoms with Crippen LogP contribution in [0.4, 0.5) is 34.1 Å².